The summed E-state index contributed by atoms with van der Waals surface area (Å²) < 4.78 is 15.4. The van der Waals surface area contributed by atoms with Crippen LogP contribution in [0.4, 0.5) is 0 Å². The average molecular weight is 136 g/mol. The summed E-state index contributed by atoms with van der Waals surface area (Å²) >= 11 is 0. The van der Waals surface area contributed by atoms with E-state index in [9.17, 15) is 4.57 Å². The van der Waals surface area contributed by atoms with Gasteiger partial charge in [-0.25, -0.2) is 0 Å². The Kier molecular flexibility index (Phi) is 5.46. The van der Waals surface area contributed by atoms with Gasteiger partial charge in [-0.1, -0.05) is 13.8 Å². The Morgan fingerprint density at radius 2 is 2.12 bits per heavy atom. The minimum atomic E-state index is -1.64. The van der Waals surface area contributed by atoms with E-state index in [0.29, 0.717) is 12.8 Å². The van der Waals surface area contributed by atoms with Crippen LogP contribution in [0.1, 0.15) is 20.3 Å². The van der Waals surface area contributed by atoms with Crippen LogP contribution < -0.4 is 0 Å². The summed E-state index contributed by atoms with van der Waals surface area (Å²) in [5.41, 5.74) is 0. The first-order valence-electron chi connectivity index (χ1n) is 2.96. The lowest BCUT2D eigenvalue weighted by Gasteiger charge is -1.96. The molecule has 0 amide bonds. The van der Waals surface area contributed by atoms with Gasteiger partial charge in [-0.3, -0.25) is 4.57 Å². The Morgan fingerprint density at radius 3 is 2.50 bits per heavy atom. The minimum absolute atomic E-state index is 0.644. The smallest absolute Gasteiger partial charge is 0.191 e. The van der Waals surface area contributed by atoms with Crippen LogP contribution >= 0.6 is 8.03 Å². The molecule has 0 heterocycles. The molecule has 0 rings (SSSR count). The molecule has 0 aliphatic heterocycles. The molecule has 3 heteroatoms. The van der Waals surface area contributed by atoms with Crippen molar-refractivity contribution in [3.05, 3.63) is 0 Å². The summed E-state index contributed by atoms with van der Waals surface area (Å²) in [6.45, 7) is 4.52. The van der Waals surface area contributed by atoms with E-state index in [2.05, 4.69) is 0 Å². The van der Waals surface area contributed by atoms with Crippen LogP contribution in [0.3, 0.4) is 0 Å². The third-order valence-corrected chi connectivity index (χ3v) is 1.86. The highest BCUT2D eigenvalue weighted by Crippen LogP contribution is 2.20. The molecule has 0 aromatic heterocycles. The molecule has 0 bridgehead atoms. The maximum atomic E-state index is 10.5. The lowest BCUT2D eigenvalue weighted by Crippen LogP contribution is -1.82. The highest BCUT2D eigenvalue weighted by Gasteiger charge is 1.90. The van der Waals surface area contributed by atoms with E-state index in [1.807, 2.05) is 13.8 Å². The zero-order chi connectivity index (χ0) is 6.41. The molecule has 2 nitrogen and oxygen atoms in total. The lowest BCUT2D eigenvalue weighted by molar-refractivity contribution is 0.329. The van der Waals surface area contributed by atoms with Crippen molar-refractivity contribution in [2.24, 2.45) is 0 Å². The molecule has 0 radical (unpaired) electrons. The average Bonchev–Trinajstić information content (AvgIpc) is 1.83. The Balaban J connectivity index is 2.99. The standard InChI is InChI=1S/C5H13O2P/c1-3-5-7-8(6)4-2/h8H,3-5H2,1-2H3. The SMILES string of the molecule is CCCO[PH](=O)CC. The van der Waals surface area contributed by atoms with Gasteiger partial charge in [-0.15, -0.1) is 0 Å². The van der Waals surface area contributed by atoms with Gasteiger partial charge in [-0.2, -0.15) is 0 Å². The van der Waals surface area contributed by atoms with E-state index >= 15 is 0 Å². The van der Waals surface area contributed by atoms with Crippen molar-refractivity contribution in [3.63, 3.8) is 0 Å². The predicted molar refractivity (Wildman–Crippen MR) is 35.8 cm³/mol. The Labute approximate surface area is 51.1 Å². The van der Waals surface area contributed by atoms with Crippen LogP contribution in [0.25, 0.3) is 0 Å². The highest BCUT2D eigenvalue weighted by atomic mass is 31.1. The monoisotopic (exact) mass is 136 g/mol. The van der Waals surface area contributed by atoms with Crippen LogP contribution in [-0.4, -0.2) is 12.8 Å². The first-order valence-corrected chi connectivity index (χ1v) is 4.49. The van der Waals surface area contributed by atoms with Crippen molar-refractivity contribution in [2.75, 3.05) is 12.8 Å². The van der Waals surface area contributed by atoms with Gasteiger partial charge in [0.2, 0.25) is 0 Å². The Morgan fingerprint density at radius 1 is 1.50 bits per heavy atom. The van der Waals surface area contributed by atoms with E-state index in [0.717, 1.165) is 6.42 Å². The Bertz CT molecular complexity index is 72.8. The van der Waals surface area contributed by atoms with Crippen molar-refractivity contribution < 1.29 is 9.09 Å². The third-order valence-electron chi connectivity index (χ3n) is 0.756. The molecule has 0 N–H and O–H groups in total. The van der Waals surface area contributed by atoms with Crippen LogP contribution in [0.15, 0.2) is 0 Å². The van der Waals surface area contributed by atoms with Gasteiger partial charge in [0.1, 0.15) is 0 Å². The molecule has 0 fully saturated rings. The summed E-state index contributed by atoms with van der Waals surface area (Å²) in [6, 6.07) is 0. The zero-order valence-corrected chi connectivity index (χ0v) is 6.44. The second kappa shape index (κ2) is 5.33. The molecule has 8 heavy (non-hydrogen) atoms. The van der Waals surface area contributed by atoms with E-state index in [1.165, 1.54) is 0 Å². The molecular formula is C5H13O2P. The van der Waals surface area contributed by atoms with Gasteiger partial charge < -0.3 is 4.52 Å². The van der Waals surface area contributed by atoms with Crippen LogP contribution in [0, 0.1) is 0 Å². The normalized spacial score (nSPS) is 13.8. The predicted octanol–water partition coefficient (Wildman–Crippen LogP) is 1.91. The molecule has 0 saturated carbocycles. The van der Waals surface area contributed by atoms with Gasteiger partial charge in [-0.05, 0) is 6.42 Å². The molecular weight excluding hydrogens is 123 g/mol. The van der Waals surface area contributed by atoms with Gasteiger partial charge in [0.05, 0.1) is 6.61 Å². The molecule has 0 saturated heterocycles. The molecule has 0 aliphatic rings. The van der Waals surface area contributed by atoms with E-state index in [1.54, 1.807) is 0 Å². The number of hydrogen-bond donors (Lipinski definition) is 0. The lowest BCUT2D eigenvalue weighted by atomic mass is 10.5. The van der Waals surface area contributed by atoms with Crippen LogP contribution in [0.2, 0.25) is 0 Å². The number of rotatable bonds is 4. The van der Waals surface area contributed by atoms with E-state index < -0.39 is 8.03 Å². The molecule has 0 aromatic carbocycles. The summed E-state index contributed by atoms with van der Waals surface area (Å²) in [6.07, 6.45) is 1.63. The molecule has 0 aromatic rings. The minimum Gasteiger partial charge on any atom is -0.330 e. The molecule has 0 spiro atoms. The van der Waals surface area contributed by atoms with E-state index in [4.69, 9.17) is 4.52 Å². The first-order chi connectivity index (χ1) is 3.81. The van der Waals surface area contributed by atoms with Crippen molar-refractivity contribution in [1.82, 2.24) is 0 Å². The summed E-state index contributed by atoms with van der Waals surface area (Å²) in [5, 5.41) is 0. The van der Waals surface area contributed by atoms with Crippen LogP contribution in [0.5, 0.6) is 0 Å². The topological polar surface area (TPSA) is 26.3 Å². The van der Waals surface area contributed by atoms with Crippen molar-refractivity contribution in [3.8, 4) is 0 Å². The van der Waals surface area contributed by atoms with Crippen molar-refractivity contribution >= 4 is 8.03 Å². The maximum Gasteiger partial charge on any atom is 0.191 e. The van der Waals surface area contributed by atoms with Crippen molar-refractivity contribution in [2.45, 2.75) is 20.3 Å². The maximum absolute atomic E-state index is 10.5. The summed E-state index contributed by atoms with van der Waals surface area (Å²) in [4.78, 5) is 0. The third kappa shape index (κ3) is 4.35. The second-order valence-electron chi connectivity index (χ2n) is 1.57. The summed E-state index contributed by atoms with van der Waals surface area (Å²) in [5.74, 6) is 0. The van der Waals surface area contributed by atoms with Crippen LogP contribution in [-0.2, 0) is 9.09 Å². The van der Waals surface area contributed by atoms with Gasteiger partial charge in [0.25, 0.3) is 0 Å². The quantitative estimate of drug-likeness (QED) is 0.552. The fourth-order valence-corrected chi connectivity index (χ4v) is 0.954. The Hall–Kier alpha value is 0.190. The molecule has 1 unspecified atom stereocenters. The second-order valence-corrected chi connectivity index (χ2v) is 3.31. The van der Waals surface area contributed by atoms with Gasteiger partial charge >= 0.3 is 0 Å². The molecule has 1 atom stereocenters. The van der Waals surface area contributed by atoms with Gasteiger partial charge in [0.15, 0.2) is 8.03 Å². The largest absolute Gasteiger partial charge is 0.330 e. The fraction of sp³-hybridized carbons (Fsp3) is 1.00. The zero-order valence-electron chi connectivity index (χ0n) is 5.44. The van der Waals surface area contributed by atoms with E-state index in [-0.39, 0.29) is 0 Å². The first kappa shape index (κ1) is 8.19. The fourth-order valence-electron chi connectivity index (χ4n) is 0.318. The summed E-state index contributed by atoms with van der Waals surface area (Å²) in [7, 11) is -1.64. The molecule has 0 aliphatic carbocycles. The number of hydrogen-bond acceptors (Lipinski definition) is 2. The highest BCUT2D eigenvalue weighted by molar-refractivity contribution is 7.39. The van der Waals surface area contributed by atoms with Crippen molar-refractivity contribution in [1.29, 1.82) is 0 Å². The molecule has 50 valence electrons. The van der Waals surface area contributed by atoms with Gasteiger partial charge in [0, 0.05) is 6.16 Å².